The molecule has 7 nitrogen and oxygen atoms in total. The Hall–Kier alpha value is -1.64. The van der Waals surface area contributed by atoms with E-state index in [2.05, 4.69) is 0 Å². The SMILES string of the molecule is NC(=O)C1(S(=O)(=O)c2ccc(OCCCCCO)cc2)CCOCC1. The first kappa shape index (κ1) is 19.7. The number of benzene rings is 1. The molecule has 1 aliphatic heterocycles. The highest BCUT2D eigenvalue weighted by Crippen LogP contribution is 2.35. The second-order valence-electron chi connectivity index (χ2n) is 6.08. The lowest BCUT2D eigenvalue weighted by molar-refractivity contribution is -0.122. The van der Waals surface area contributed by atoms with Crippen LogP contribution in [-0.2, 0) is 19.4 Å². The van der Waals surface area contributed by atoms with Crippen LogP contribution in [-0.4, -0.2) is 50.6 Å². The molecule has 3 N–H and O–H groups in total. The molecule has 0 unspecified atom stereocenters. The highest BCUT2D eigenvalue weighted by atomic mass is 32.2. The zero-order valence-corrected chi connectivity index (χ0v) is 15.0. The standard InChI is InChI=1S/C17H25NO6S/c18-16(20)17(8-12-23-13-9-17)25(21,22)15-6-4-14(5-7-15)24-11-3-1-2-10-19/h4-7,19H,1-3,8-13H2,(H2,18,20). The summed E-state index contributed by atoms with van der Waals surface area (Å²) in [5.74, 6) is -0.275. The summed E-state index contributed by atoms with van der Waals surface area (Å²) in [5.41, 5.74) is 5.45. The van der Waals surface area contributed by atoms with Crippen LogP contribution < -0.4 is 10.5 Å². The van der Waals surface area contributed by atoms with Gasteiger partial charge < -0.3 is 20.3 Å². The number of ether oxygens (including phenoxy) is 2. The smallest absolute Gasteiger partial charge is 0.239 e. The molecule has 1 heterocycles. The maximum absolute atomic E-state index is 13.0. The summed E-state index contributed by atoms with van der Waals surface area (Å²) in [4.78, 5) is 12.0. The lowest BCUT2D eigenvalue weighted by atomic mass is 9.98. The molecule has 1 aliphatic rings. The van der Waals surface area contributed by atoms with Gasteiger partial charge >= 0.3 is 0 Å². The topological polar surface area (TPSA) is 116 Å². The molecule has 1 saturated heterocycles. The van der Waals surface area contributed by atoms with E-state index in [1.807, 2.05) is 0 Å². The molecular formula is C17H25NO6S. The van der Waals surface area contributed by atoms with Crippen molar-refractivity contribution in [1.82, 2.24) is 0 Å². The number of aliphatic hydroxyl groups excluding tert-OH is 1. The highest BCUT2D eigenvalue weighted by Gasteiger charge is 2.51. The van der Waals surface area contributed by atoms with Crippen LogP contribution in [0.4, 0.5) is 0 Å². The first-order valence-electron chi connectivity index (χ1n) is 8.40. The minimum Gasteiger partial charge on any atom is -0.494 e. The number of rotatable bonds is 9. The Kier molecular flexibility index (Phi) is 6.80. The monoisotopic (exact) mass is 371 g/mol. The van der Waals surface area contributed by atoms with Crippen LogP contribution in [0.3, 0.4) is 0 Å². The minimum absolute atomic E-state index is 0.0563. The first-order chi connectivity index (χ1) is 11.9. The third kappa shape index (κ3) is 4.31. The number of hydrogen-bond donors (Lipinski definition) is 2. The molecule has 1 aromatic rings. The molecule has 0 spiro atoms. The second kappa shape index (κ2) is 8.64. The van der Waals surface area contributed by atoms with E-state index >= 15 is 0 Å². The normalized spacial score (nSPS) is 17.2. The van der Waals surface area contributed by atoms with Crippen LogP contribution in [0, 0.1) is 0 Å². The summed E-state index contributed by atoms with van der Waals surface area (Å²) < 4.78 is 35.1. The molecule has 25 heavy (non-hydrogen) atoms. The van der Waals surface area contributed by atoms with Gasteiger partial charge in [0.1, 0.15) is 5.75 Å². The predicted molar refractivity (Wildman–Crippen MR) is 92.0 cm³/mol. The Morgan fingerprint density at radius 1 is 1.16 bits per heavy atom. The van der Waals surface area contributed by atoms with Crippen LogP contribution >= 0.6 is 0 Å². The maximum Gasteiger partial charge on any atom is 0.239 e. The van der Waals surface area contributed by atoms with E-state index in [0.717, 1.165) is 19.3 Å². The molecule has 0 radical (unpaired) electrons. The van der Waals surface area contributed by atoms with E-state index in [0.29, 0.717) is 12.4 Å². The lowest BCUT2D eigenvalue weighted by Crippen LogP contribution is -2.53. The molecule has 0 aromatic heterocycles. The molecule has 8 heteroatoms. The Bertz CT molecular complexity index is 665. The van der Waals surface area contributed by atoms with Gasteiger partial charge in [0.05, 0.1) is 11.5 Å². The predicted octanol–water partition coefficient (Wildman–Crippen LogP) is 1.04. The molecule has 1 amide bonds. The summed E-state index contributed by atoms with van der Waals surface area (Å²) in [6, 6.07) is 6.04. The largest absolute Gasteiger partial charge is 0.494 e. The summed E-state index contributed by atoms with van der Waals surface area (Å²) in [7, 11) is -3.91. The molecule has 1 aromatic carbocycles. The molecule has 0 bridgehead atoms. The van der Waals surface area contributed by atoms with Crippen molar-refractivity contribution >= 4 is 15.7 Å². The van der Waals surface area contributed by atoms with Crippen LogP contribution in [0.25, 0.3) is 0 Å². The number of carbonyl (C=O) groups excluding carboxylic acids is 1. The maximum atomic E-state index is 13.0. The molecule has 0 saturated carbocycles. The van der Waals surface area contributed by atoms with Crippen molar-refractivity contribution in [2.45, 2.75) is 41.7 Å². The Balaban J connectivity index is 2.10. The quantitative estimate of drug-likeness (QED) is 0.627. The Morgan fingerprint density at radius 3 is 2.36 bits per heavy atom. The molecule has 2 rings (SSSR count). The molecule has 0 atom stereocenters. The average molecular weight is 371 g/mol. The van der Waals surface area contributed by atoms with Gasteiger partial charge in [-0.2, -0.15) is 0 Å². The van der Waals surface area contributed by atoms with Gasteiger partial charge in [-0.3, -0.25) is 4.79 Å². The summed E-state index contributed by atoms with van der Waals surface area (Å²) >= 11 is 0. The number of amides is 1. The van der Waals surface area contributed by atoms with E-state index in [-0.39, 0.29) is 37.6 Å². The van der Waals surface area contributed by atoms with E-state index in [9.17, 15) is 13.2 Å². The number of aliphatic hydroxyl groups is 1. The summed E-state index contributed by atoms with van der Waals surface area (Å²) in [6.45, 7) is 1.04. The van der Waals surface area contributed by atoms with Gasteiger partial charge in [0, 0.05) is 19.8 Å². The van der Waals surface area contributed by atoms with Gasteiger partial charge in [-0.15, -0.1) is 0 Å². The van der Waals surface area contributed by atoms with Gasteiger partial charge in [0.25, 0.3) is 0 Å². The number of sulfone groups is 1. The number of hydrogen-bond acceptors (Lipinski definition) is 6. The van der Waals surface area contributed by atoms with E-state index in [4.69, 9.17) is 20.3 Å². The van der Waals surface area contributed by atoms with Crippen molar-refractivity contribution in [1.29, 1.82) is 0 Å². The van der Waals surface area contributed by atoms with Gasteiger partial charge in [-0.05, 0) is 56.4 Å². The number of carbonyl (C=O) groups is 1. The molecule has 1 fully saturated rings. The third-order valence-corrected chi connectivity index (χ3v) is 7.00. The van der Waals surface area contributed by atoms with Crippen molar-refractivity contribution in [3.05, 3.63) is 24.3 Å². The van der Waals surface area contributed by atoms with Crippen molar-refractivity contribution < 1.29 is 27.8 Å². The van der Waals surface area contributed by atoms with Crippen LogP contribution in [0.2, 0.25) is 0 Å². The third-order valence-electron chi connectivity index (χ3n) is 4.47. The second-order valence-corrected chi connectivity index (χ2v) is 8.34. The fourth-order valence-electron chi connectivity index (χ4n) is 2.87. The first-order valence-corrected chi connectivity index (χ1v) is 9.88. The summed E-state index contributed by atoms with van der Waals surface area (Å²) in [5, 5.41) is 8.72. The fraction of sp³-hybridized carbons (Fsp3) is 0.588. The molecule has 140 valence electrons. The van der Waals surface area contributed by atoms with Crippen molar-refractivity contribution in [3.63, 3.8) is 0 Å². The van der Waals surface area contributed by atoms with Crippen molar-refractivity contribution in [2.75, 3.05) is 26.4 Å². The van der Waals surface area contributed by atoms with Crippen LogP contribution in [0.1, 0.15) is 32.1 Å². The zero-order valence-electron chi connectivity index (χ0n) is 14.1. The number of primary amides is 1. The Morgan fingerprint density at radius 2 is 1.80 bits per heavy atom. The van der Waals surface area contributed by atoms with E-state index in [1.54, 1.807) is 12.1 Å². The number of unbranched alkanes of at least 4 members (excludes halogenated alkanes) is 2. The van der Waals surface area contributed by atoms with Crippen molar-refractivity contribution in [3.8, 4) is 5.75 Å². The lowest BCUT2D eigenvalue weighted by Gasteiger charge is -2.33. The van der Waals surface area contributed by atoms with Gasteiger partial charge in [-0.25, -0.2) is 8.42 Å². The van der Waals surface area contributed by atoms with E-state index < -0.39 is 20.5 Å². The minimum atomic E-state index is -3.91. The fourth-order valence-corrected chi connectivity index (χ4v) is 4.78. The van der Waals surface area contributed by atoms with Gasteiger partial charge in [0.15, 0.2) is 14.6 Å². The molecule has 0 aliphatic carbocycles. The Labute approximate surface area is 148 Å². The van der Waals surface area contributed by atoms with E-state index in [1.165, 1.54) is 12.1 Å². The van der Waals surface area contributed by atoms with Crippen molar-refractivity contribution in [2.24, 2.45) is 5.73 Å². The summed E-state index contributed by atoms with van der Waals surface area (Å²) in [6.07, 6.45) is 2.54. The van der Waals surface area contributed by atoms with Gasteiger partial charge in [-0.1, -0.05) is 0 Å². The van der Waals surface area contributed by atoms with Crippen LogP contribution in [0.5, 0.6) is 5.75 Å². The zero-order chi connectivity index (χ0) is 18.3. The number of nitrogens with two attached hydrogens (primary N) is 1. The average Bonchev–Trinajstić information content (AvgIpc) is 2.62. The van der Waals surface area contributed by atoms with Gasteiger partial charge in [0.2, 0.25) is 5.91 Å². The van der Waals surface area contributed by atoms with Crippen LogP contribution in [0.15, 0.2) is 29.2 Å². The molecular weight excluding hydrogens is 346 g/mol. The highest BCUT2D eigenvalue weighted by molar-refractivity contribution is 7.93.